The minimum Gasteiger partial charge on any atom is -0.478 e. The number of hydrogen-bond donors (Lipinski definition) is 4. The average Bonchev–Trinajstić information content (AvgIpc) is 2.11. The Bertz CT molecular complexity index is 224. The summed E-state index contributed by atoms with van der Waals surface area (Å²) < 4.78 is 0. The standard InChI is InChI=1S/C6H10O6S2/c7-4(8)6(10)3-13-5(9,1-12-11)2-14-6/h9-11H,1-3H2,(H,7,8). The van der Waals surface area contributed by atoms with Gasteiger partial charge in [0.25, 0.3) is 0 Å². The first-order chi connectivity index (χ1) is 6.42. The van der Waals surface area contributed by atoms with Crippen molar-refractivity contribution in [2.24, 2.45) is 0 Å². The number of carboxylic acids is 1. The second-order valence-corrected chi connectivity index (χ2v) is 5.48. The zero-order valence-electron chi connectivity index (χ0n) is 7.04. The number of carbonyl (C=O) groups is 1. The molecule has 0 aromatic heterocycles. The molecule has 1 aliphatic heterocycles. The Morgan fingerprint density at radius 2 is 2.00 bits per heavy atom. The summed E-state index contributed by atoms with van der Waals surface area (Å²) in [5, 5.41) is 35.9. The van der Waals surface area contributed by atoms with Gasteiger partial charge in [-0.15, -0.1) is 23.5 Å². The third-order valence-corrected chi connectivity index (χ3v) is 4.84. The average molecular weight is 242 g/mol. The van der Waals surface area contributed by atoms with Gasteiger partial charge in [-0.05, 0) is 0 Å². The lowest BCUT2D eigenvalue weighted by Crippen LogP contribution is -2.48. The number of rotatable bonds is 3. The predicted molar refractivity (Wildman–Crippen MR) is 51.0 cm³/mol. The van der Waals surface area contributed by atoms with E-state index in [0.29, 0.717) is 11.8 Å². The maximum Gasteiger partial charge on any atom is 0.347 e. The smallest absolute Gasteiger partial charge is 0.347 e. The lowest BCUT2D eigenvalue weighted by atomic mass is 10.4. The largest absolute Gasteiger partial charge is 0.478 e. The molecule has 1 aliphatic rings. The molecule has 0 spiro atoms. The monoisotopic (exact) mass is 242 g/mol. The Hall–Kier alpha value is 0.01000. The molecule has 0 aromatic carbocycles. The first-order valence-electron chi connectivity index (χ1n) is 3.64. The van der Waals surface area contributed by atoms with Crippen molar-refractivity contribution in [3.63, 3.8) is 0 Å². The van der Waals surface area contributed by atoms with E-state index >= 15 is 0 Å². The van der Waals surface area contributed by atoms with Gasteiger partial charge in [-0.25, -0.2) is 9.68 Å². The van der Waals surface area contributed by atoms with Gasteiger partial charge in [-0.2, -0.15) is 0 Å². The van der Waals surface area contributed by atoms with Crippen LogP contribution in [-0.2, 0) is 9.68 Å². The Morgan fingerprint density at radius 3 is 2.36 bits per heavy atom. The van der Waals surface area contributed by atoms with Crippen LogP contribution in [0.15, 0.2) is 0 Å². The Balaban J connectivity index is 2.57. The molecule has 2 atom stereocenters. The molecule has 0 saturated carbocycles. The number of aliphatic carboxylic acids is 1. The van der Waals surface area contributed by atoms with E-state index in [4.69, 9.17) is 10.4 Å². The SMILES string of the molecule is O=C(O)C1(O)CSC(O)(COO)CS1. The summed E-state index contributed by atoms with van der Waals surface area (Å²) in [6.45, 7) is -0.319. The van der Waals surface area contributed by atoms with Crippen molar-refractivity contribution in [3.8, 4) is 0 Å². The molecule has 0 amide bonds. The molecule has 0 bridgehead atoms. The van der Waals surface area contributed by atoms with Crippen LogP contribution < -0.4 is 0 Å². The van der Waals surface area contributed by atoms with Crippen molar-refractivity contribution < 1.29 is 30.3 Å². The van der Waals surface area contributed by atoms with Crippen LogP contribution in [0.25, 0.3) is 0 Å². The number of hydrogen-bond acceptors (Lipinski definition) is 7. The minimum absolute atomic E-state index is 0.0268. The van der Waals surface area contributed by atoms with Crippen molar-refractivity contribution >= 4 is 29.5 Å². The Labute approximate surface area is 88.2 Å². The summed E-state index contributed by atoms with van der Waals surface area (Å²) >= 11 is 1.56. The lowest BCUT2D eigenvalue weighted by Gasteiger charge is -2.36. The highest BCUT2D eigenvalue weighted by Gasteiger charge is 2.47. The van der Waals surface area contributed by atoms with Gasteiger partial charge in [0, 0.05) is 11.5 Å². The summed E-state index contributed by atoms with van der Waals surface area (Å²) in [6.07, 6.45) is 0. The van der Waals surface area contributed by atoms with E-state index in [1.807, 2.05) is 0 Å². The molecule has 2 unspecified atom stereocenters. The van der Waals surface area contributed by atoms with Crippen LogP contribution in [-0.4, -0.2) is 54.5 Å². The van der Waals surface area contributed by atoms with Gasteiger partial charge >= 0.3 is 5.97 Å². The summed E-state index contributed by atoms with van der Waals surface area (Å²) in [7, 11) is 0. The van der Waals surface area contributed by atoms with Crippen LogP contribution in [0.3, 0.4) is 0 Å². The first kappa shape index (κ1) is 12.1. The van der Waals surface area contributed by atoms with Gasteiger partial charge in [0.15, 0.2) is 0 Å². The molecular formula is C6H10O6S2. The summed E-state index contributed by atoms with van der Waals surface area (Å²) in [6, 6.07) is 0. The lowest BCUT2D eigenvalue weighted by molar-refractivity contribution is -0.258. The van der Waals surface area contributed by atoms with Gasteiger partial charge in [0.1, 0.15) is 11.5 Å². The first-order valence-corrected chi connectivity index (χ1v) is 5.61. The second-order valence-electron chi connectivity index (χ2n) is 2.89. The Morgan fingerprint density at radius 1 is 1.36 bits per heavy atom. The van der Waals surface area contributed by atoms with E-state index in [9.17, 15) is 15.0 Å². The third-order valence-electron chi connectivity index (χ3n) is 1.70. The molecule has 1 heterocycles. The van der Waals surface area contributed by atoms with Crippen LogP contribution in [0, 0.1) is 0 Å². The molecular weight excluding hydrogens is 232 g/mol. The van der Waals surface area contributed by atoms with Gasteiger partial charge in [-0.1, -0.05) is 0 Å². The van der Waals surface area contributed by atoms with Crippen molar-refractivity contribution in [2.75, 3.05) is 18.1 Å². The Kier molecular flexibility index (Phi) is 3.67. The zero-order valence-corrected chi connectivity index (χ0v) is 8.68. The molecule has 8 heteroatoms. The zero-order chi connectivity index (χ0) is 10.8. The summed E-state index contributed by atoms with van der Waals surface area (Å²) in [5.74, 6) is -1.52. The van der Waals surface area contributed by atoms with Gasteiger partial charge in [0.2, 0.25) is 4.93 Å². The number of thioether (sulfide) groups is 2. The number of aliphatic hydroxyl groups is 2. The molecule has 0 aromatic rings. The van der Waals surface area contributed by atoms with E-state index in [1.165, 1.54) is 0 Å². The van der Waals surface area contributed by atoms with Crippen molar-refractivity contribution in [3.05, 3.63) is 0 Å². The van der Waals surface area contributed by atoms with Crippen molar-refractivity contribution in [2.45, 2.75) is 9.87 Å². The fourth-order valence-corrected chi connectivity index (χ4v) is 3.27. The molecule has 6 nitrogen and oxygen atoms in total. The summed E-state index contributed by atoms with van der Waals surface area (Å²) in [4.78, 5) is 11.2. The van der Waals surface area contributed by atoms with Crippen LogP contribution in [0.2, 0.25) is 0 Å². The summed E-state index contributed by atoms with van der Waals surface area (Å²) in [5.41, 5.74) is 0. The normalized spacial score (nSPS) is 38.2. The fraction of sp³-hybridized carbons (Fsp3) is 0.833. The quantitative estimate of drug-likeness (QED) is 0.384. The van der Waals surface area contributed by atoms with Crippen molar-refractivity contribution in [1.82, 2.24) is 0 Å². The van der Waals surface area contributed by atoms with Crippen LogP contribution >= 0.6 is 23.5 Å². The molecule has 4 N–H and O–H groups in total. The molecule has 82 valence electrons. The van der Waals surface area contributed by atoms with E-state index in [1.54, 1.807) is 0 Å². The van der Waals surface area contributed by atoms with Crippen LogP contribution in [0.1, 0.15) is 0 Å². The van der Waals surface area contributed by atoms with E-state index < -0.39 is 15.8 Å². The number of carboxylic acid groups (broad SMARTS) is 1. The van der Waals surface area contributed by atoms with Gasteiger partial charge < -0.3 is 15.3 Å². The van der Waals surface area contributed by atoms with E-state index in [2.05, 4.69) is 4.89 Å². The minimum atomic E-state index is -1.87. The fourth-order valence-electron chi connectivity index (χ4n) is 0.855. The van der Waals surface area contributed by atoms with Gasteiger partial charge in [-0.3, -0.25) is 5.26 Å². The van der Waals surface area contributed by atoms with Crippen LogP contribution in [0.5, 0.6) is 0 Å². The second kappa shape index (κ2) is 4.25. The van der Waals surface area contributed by atoms with Gasteiger partial charge in [0.05, 0.1) is 0 Å². The molecule has 0 radical (unpaired) electrons. The predicted octanol–water partition coefficient (Wildman–Crippen LogP) is -0.582. The molecule has 1 rings (SSSR count). The molecule has 1 fully saturated rings. The van der Waals surface area contributed by atoms with Crippen LogP contribution in [0.4, 0.5) is 0 Å². The van der Waals surface area contributed by atoms with E-state index in [0.717, 1.165) is 11.8 Å². The maximum atomic E-state index is 10.6. The van der Waals surface area contributed by atoms with E-state index in [-0.39, 0.29) is 18.1 Å². The molecule has 0 aliphatic carbocycles. The molecule has 1 saturated heterocycles. The molecule has 14 heavy (non-hydrogen) atoms. The third kappa shape index (κ3) is 2.53. The highest BCUT2D eigenvalue weighted by atomic mass is 32.2. The maximum absolute atomic E-state index is 10.6. The highest BCUT2D eigenvalue weighted by molar-refractivity contribution is 8.08. The topological polar surface area (TPSA) is 107 Å². The highest BCUT2D eigenvalue weighted by Crippen LogP contribution is 2.41. The van der Waals surface area contributed by atoms with Crippen molar-refractivity contribution in [1.29, 1.82) is 0 Å².